The standard InChI is InChI=1S/C11H19N5O3S/c1-3-9-8-10(14(2)13-9)11(17)15-4-6-16(7-5-15)20(12,18)19/h8H,3-7H2,1-2H3,(H2,12,18,19). The first-order chi connectivity index (χ1) is 9.32. The Bertz CT molecular complexity index is 602. The fourth-order valence-electron chi connectivity index (χ4n) is 2.21. The molecule has 112 valence electrons. The Labute approximate surface area is 118 Å². The minimum atomic E-state index is -3.67. The van der Waals surface area contributed by atoms with Gasteiger partial charge in [-0.3, -0.25) is 9.48 Å². The number of amides is 1. The van der Waals surface area contributed by atoms with Crippen LogP contribution >= 0.6 is 0 Å². The van der Waals surface area contributed by atoms with E-state index >= 15 is 0 Å². The summed E-state index contributed by atoms with van der Waals surface area (Å²) in [6.45, 7) is 3.09. The van der Waals surface area contributed by atoms with Crippen LogP contribution < -0.4 is 5.14 Å². The summed E-state index contributed by atoms with van der Waals surface area (Å²) in [6, 6.07) is 1.77. The third-order valence-electron chi connectivity index (χ3n) is 3.40. The largest absolute Gasteiger partial charge is 0.335 e. The molecule has 1 aromatic rings. The van der Waals surface area contributed by atoms with E-state index in [1.165, 1.54) is 4.31 Å². The van der Waals surface area contributed by atoms with Gasteiger partial charge in [0, 0.05) is 33.2 Å². The van der Waals surface area contributed by atoms with Crippen molar-refractivity contribution in [2.45, 2.75) is 13.3 Å². The molecule has 2 heterocycles. The molecule has 1 fully saturated rings. The fraction of sp³-hybridized carbons (Fsp3) is 0.636. The Hall–Kier alpha value is -1.45. The Morgan fingerprint density at radius 2 is 1.95 bits per heavy atom. The summed E-state index contributed by atoms with van der Waals surface area (Å²) in [5, 5.41) is 9.31. The molecule has 0 spiro atoms. The minimum absolute atomic E-state index is 0.131. The maximum atomic E-state index is 12.4. The lowest BCUT2D eigenvalue weighted by Crippen LogP contribution is -2.52. The molecule has 1 saturated heterocycles. The molecule has 2 N–H and O–H groups in total. The third-order valence-corrected chi connectivity index (χ3v) is 4.48. The predicted molar refractivity (Wildman–Crippen MR) is 73.2 cm³/mol. The number of nitrogens with zero attached hydrogens (tertiary/aromatic N) is 4. The topological polar surface area (TPSA) is 102 Å². The molecule has 0 aliphatic carbocycles. The highest BCUT2D eigenvalue weighted by Gasteiger charge is 2.28. The van der Waals surface area contributed by atoms with Crippen LogP contribution in [0.1, 0.15) is 23.1 Å². The molecule has 0 saturated carbocycles. The number of hydrogen-bond donors (Lipinski definition) is 1. The smallest absolute Gasteiger partial charge is 0.277 e. The summed E-state index contributed by atoms with van der Waals surface area (Å²) < 4.78 is 25.2. The third kappa shape index (κ3) is 3.00. The van der Waals surface area contributed by atoms with Crippen LogP contribution in [0.15, 0.2) is 6.07 Å². The zero-order chi connectivity index (χ0) is 14.9. The average Bonchev–Trinajstić information content (AvgIpc) is 2.78. The van der Waals surface area contributed by atoms with Crippen molar-refractivity contribution in [3.63, 3.8) is 0 Å². The summed E-state index contributed by atoms with van der Waals surface area (Å²) >= 11 is 0. The number of carbonyl (C=O) groups is 1. The maximum absolute atomic E-state index is 12.4. The van der Waals surface area contributed by atoms with Crippen LogP contribution in [0.4, 0.5) is 0 Å². The van der Waals surface area contributed by atoms with Crippen LogP contribution in [0.3, 0.4) is 0 Å². The van der Waals surface area contributed by atoms with Gasteiger partial charge in [-0.1, -0.05) is 6.92 Å². The SMILES string of the molecule is CCc1cc(C(=O)N2CCN(S(N)(=O)=O)CC2)n(C)n1. The van der Waals surface area contributed by atoms with E-state index in [0.29, 0.717) is 18.8 Å². The van der Waals surface area contributed by atoms with Gasteiger partial charge in [-0.05, 0) is 12.5 Å². The van der Waals surface area contributed by atoms with Gasteiger partial charge in [0.15, 0.2) is 0 Å². The molecule has 1 amide bonds. The summed E-state index contributed by atoms with van der Waals surface area (Å²) in [5.74, 6) is -0.131. The van der Waals surface area contributed by atoms with E-state index in [2.05, 4.69) is 5.10 Å². The second kappa shape index (κ2) is 5.51. The van der Waals surface area contributed by atoms with E-state index in [9.17, 15) is 13.2 Å². The monoisotopic (exact) mass is 301 g/mol. The van der Waals surface area contributed by atoms with Gasteiger partial charge >= 0.3 is 0 Å². The van der Waals surface area contributed by atoms with Crippen LogP contribution in [-0.2, 0) is 23.7 Å². The van der Waals surface area contributed by atoms with Gasteiger partial charge in [-0.2, -0.15) is 17.8 Å². The van der Waals surface area contributed by atoms with Crippen molar-refractivity contribution in [3.8, 4) is 0 Å². The highest BCUT2D eigenvalue weighted by molar-refractivity contribution is 7.86. The van der Waals surface area contributed by atoms with Gasteiger partial charge in [0.1, 0.15) is 5.69 Å². The number of rotatable bonds is 3. The second-order valence-corrected chi connectivity index (χ2v) is 6.28. The number of carbonyl (C=O) groups excluding carboxylic acids is 1. The van der Waals surface area contributed by atoms with Gasteiger partial charge in [0.05, 0.1) is 5.69 Å². The van der Waals surface area contributed by atoms with Gasteiger partial charge in [0.25, 0.3) is 16.1 Å². The van der Waals surface area contributed by atoms with E-state index in [4.69, 9.17) is 5.14 Å². The van der Waals surface area contributed by atoms with Crippen molar-refractivity contribution in [2.24, 2.45) is 12.2 Å². The molecule has 1 aromatic heterocycles. The number of aryl methyl sites for hydroxylation is 2. The molecule has 20 heavy (non-hydrogen) atoms. The van der Waals surface area contributed by atoms with Crippen LogP contribution in [0.2, 0.25) is 0 Å². The van der Waals surface area contributed by atoms with Crippen LogP contribution in [0.5, 0.6) is 0 Å². The summed E-state index contributed by atoms with van der Waals surface area (Å²) in [4.78, 5) is 14.0. The molecular weight excluding hydrogens is 282 g/mol. The highest BCUT2D eigenvalue weighted by atomic mass is 32.2. The predicted octanol–water partition coefficient (Wildman–Crippen LogP) is -1.06. The Morgan fingerprint density at radius 1 is 1.35 bits per heavy atom. The van der Waals surface area contributed by atoms with Crippen molar-refractivity contribution in [1.29, 1.82) is 0 Å². The van der Waals surface area contributed by atoms with Crippen molar-refractivity contribution >= 4 is 16.1 Å². The molecule has 0 bridgehead atoms. The zero-order valence-electron chi connectivity index (χ0n) is 11.6. The zero-order valence-corrected chi connectivity index (χ0v) is 12.4. The number of aromatic nitrogens is 2. The van der Waals surface area contributed by atoms with E-state index < -0.39 is 10.2 Å². The quantitative estimate of drug-likeness (QED) is 0.769. The molecule has 9 heteroatoms. The molecule has 1 aliphatic heterocycles. The van der Waals surface area contributed by atoms with Gasteiger partial charge in [0.2, 0.25) is 0 Å². The van der Waals surface area contributed by atoms with Gasteiger partial charge < -0.3 is 4.90 Å². The summed E-state index contributed by atoms with van der Waals surface area (Å²) in [7, 11) is -1.94. The second-order valence-electron chi connectivity index (χ2n) is 4.73. The Kier molecular flexibility index (Phi) is 4.11. The Morgan fingerprint density at radius 3 is 2.40 bits per heavy atom. The van der Waals surface area contributed by atoms with Crippen molar-refractivity contribution in [3.05, 3.63) is 17.5 Å². The van der Waals surface area contributed by atoms with Crippen molar-refractivity contribution in [1.82, 2.24) is 19.0 Å². The van der Waals surface area contributed by atoms with Crippen LogP contribution in [0.25, 0.3) is 0 Å². The number of hydrogen-bond acceptors (Lipinski definition) is 4. The molecule has 8 nitrogen and oxygen atoms in total. The molecule has 0 radical (unpaired) electrons. The molecule has 2 rings (SSSR count). The molecule has 0 unspecified atom stereocenters. The van der Waals surface area contributed by atoms with Crippen LogP contribution in [-0.4, -0.2) is 59.5 Å². The lowest BCUT2D eigenvalue weighted by molar-refractivity contribution is 0.0686. The van der Waals surface area contributed by atoms with E-state index in [1.807, 2.05) is 6.92 Å². The molecule has 0 atom stereocenters. The summed E-state index contributed by atoms with van der Waals surface area (Å²) in [6.07, 6.45) is 0.764. The molecular formula is C11H19N5O3S. The normalized spacial score (nSPS) is 17.4. The van der Waals surface area contributed by atoms with Gasteiger partial charge in [-0.25, -0.2) is 5.14 Å². The average molecular weight is 301 g/mol. The maximum Gasteiger partial charge on any atom is 0.277 e. The Balaban J connectivity index is 2.07. The van der Waals surface area contributed by atoms with Gasteiger partial charge in [-0.15, -0.1) is 0 Å². The number of piperazine rings is 1. The minimum Gasteiger partial charge on any atom is -0.335 e. The lowest BCUT2D eigenvalue weighted by atomic mass is 10.2. The van der Waals surface area contributed by atoms with Crippen molar-refractivity contribution < 1.29 is 13.2 Å². The van der Waals surface area contributed by atoms with E-state index in [1.54, 1.807) is 22.7 Å². The fourth-order valence-corrected chi connectivity index (χ4v) is 2.88. The van der Waals surface area contributed by atoms with E-state index in [-0.39, 0.29) is 19.0 Å². The molecule has 1 aliphatic rings. The van der Waals surface area contributed by atoms with Crippen molar-refractivity contribution in [2.75, 3.05) is 26.2 Å². The first-order valence-corrected chi connectivity index (χ1v) is 7.93. The van der Waals surface area contributed by atoms with E-state index in [0.717, 1.165) is 12.1 Å². The highest BCUT2D eigenvalue weighted by Crippen LogP contribution is 2.11. The lowest BCUT2D eigenvalue weighted by Gasteiger charge is -2.32. The summed E-state index contributed by atoms with van der Waals surface area (Å²) in [5.41, 5.74) is 1.38. The first kappa shape index (κ1) is 14.9. The van der Waals surface area contributed by atoms with Crippen LogP contribution in [0, 0.1) is 0 Å². The number of nitrogens with two attached hydrogens (primary N) is 1. The first-order valence-electron chi connectivity index (χ1n) is 6.43. The molecule has 0 aromatic carbocycles.